The van der Waals surface area contributed by atoms with E-state index in [0.29, 0.717) is 0 Å². The molecule has 0 saturated carbocycles. The molecule has 1 nitrogen and oxygen atoms in total. The van der Waals surface area contributed by atoms with Crippen molar-refractivity contribution in [2.75, 3.05) is 21.1 Å². The molecule has 0 amide bonds. The molecule has 0 aliphatic carbocycles. The summed E-state index contributed by atoms with van der Waals surface area (Å²) in [6.45, 7) is 4.80. The molecule has 6 heteroatoms. The Morgan fingerprint density at radius 1 is 1.06 bits per heavy atom. The van der Waals surface area contributed by atoms with Gasteiger partial charge in [0.15, 0.2) is 0 Å². The highest BCUT2D eigenvalue weighted by Crippen LogP contribution is 2.09. The minimum atomic E-state index is -6.00. The van der Waals surface area contributed by atoms with Crippen LogP contribution in [0.4, 0.5) is 17.3 Å². The minimum absolute atomic E-state index is 0.966. The van der Waals surface area contributed by atoms with E-state index in [1.165, 1.54) is 11.1 Å². The summed E-state index contributed by atoms with van der Waals surface area (Å²) < 4.78 is 40.0. The molecular formula is C12H18BF4N. The van der Waals surface area contributed by atoms with Crippen LogP contribution in [0.2, 0.25) is 0 Å². The van der Waals surface area contributed by atoms with Crippen LogP contribution in [0.1, 0.15) is 11.1 Å². The van der Waals surface area contributed by atoms with Gasteiger partial charge in [0.05, 0.1) is 21.1 Å². The van der Waals surface area contributed by atoms with E-state index in [0.717, 1.165) is 11.0 Å². The molecule has 0 aromatic heterocycles. The van der Waals surface area contributed by atoms with Crippen LogP contribution in [0.5, 0.6) is 0 Å². The number of hydrogen-bond donors (Lipinski definition) is 0. The van der Waals surface area contributed by atoms with Crippen molar-refractivity contribution in [1.82, 2.24) is 0 Å². The van der Waals surface area contributed by atoms with E-state index in [2.05, 4.69) is 52.0 Å². The van der Waals surface area contributed by atoms with Crippen molar-refractivity contribution in [3.8, 4) is 0 Å². The number of quaternary nitrogens is 1. The smallest absolute Gasteiger partial charge is 0.418 e. The molecule has 1 aromatic rings. The Morgan fingerprint density at radius 2 is 1.44 bits per heavy atom. The first-order chi connectivity index (χ1) is 8.01. The molecule has 0 unspecified atom stereocenters. The lowest BCUT2D eigenvalue weighted by Gasteiger charge is -2.23. The third kappa shape index (κ3) is 11.2. The van der Waals surface area contributed by atoms with Crippen LogP contribution in [-0.4, -0.2) is 32.9 Å². The second-order valence-electron chi connectivity index (χ2n) is 4.89. The van der Waals surface area contributed by atoms with Crippen molar-refractivity contribution >= 4 is 13.3 Å². The maximum absolute atomic E-state index is 9.75. The molecule has 0 heterocycles. The number of nitrogens with zero attached hydrogens (tertiary/aromatic N) is 1. The number of rotatable bonds is 3. The first-order valence-electron chi connectivity index (χ1n) is 5.40. The lowest BCUT2D eigenvalue weighted by atomic mass is 10.1. The summed E-state index contributed by atoms with van der Waals surface area (Å²) in [6.07, 6.45) is 1.87. The lowest BCUT2D eigenvalue weighted by Crippen LogP contribution is -2.33. The normalized spacial score (nSPS) is 11.5. The summed E-state index contributed by atoms with van der Waals surface area (Å²) in [4.78, 5) is 0. The Labute approximate surface area is 105 Å². The summed E-state index contributed by atoms with van der Waals surface area (Å²) in [5, 5.41) is 0. The topological polar surface area (TPSA) is 0 Å². The van der Waals surface area contributed by atoms with E-state index in [1.807, 2.05) is 6.08 Å². The molecule has 1 rings (SSSR count). The largest absolute Gasteiger partial charge is 0.673 e. The molecule has 18 heavy (non-hydrogen) atoms. The monoisotopic (exact) mass is 263 g/mol. The van der Waals surface area contributed by atoms with Crippen molar-refractivity contribution in [2.45, 2.75) is 6.54 Å². The van der Waals surface area contributed by atoms with Gasteiger partial charge in [0, 0.05) is 5.56 Å². The van der Waals surface area contributed by atoms with Gasteiger partial charge < -0.3 is 21.7 Å². The Hall–Kier alpha value is -1.30. The number of hydrogen-bond acceptors (Lipinski definition) is 0. The molecule has 0 atom stereocenters. The molecule has 0 bridgehead atoms. The summed E-state index contributed by atoms with van der Waals surface area (Å²) in [6, 6.07) is 8.55. The molecule has 0 N–H and O–H groups in total. The van der Waals surface area contributed by atoms with E-state index in [4.69, 9.17) is 0 Å². The fraction of sp³-hybridized carbons (Fsp3) is 0.333. The van der Waals surface area contributed by atoms with E-state index >= 15 is 0 Å². The van der Waals surface area contributed by atoms with Crippen molar-refractivity contribution in [1.29, 1.82) is 0 Å². The highest BCUT2D eigenvalue weighted by atomic mass is 19.5. The highest BCUT2D eigenvalue weighted by Gasteiger charge is 2.20. The predicted octanol–water partition coefficient (Wildman–Crippen LogP) is 3.84. The third-order valence-corrected chi connectivity index (χ3v) is 1.87. The quantitative estimate of drug-likeness (QED) is 0.441. The second-order valence-corrected chi connectivity index (χ2v) is 4.89. The second kappa shape index (κ2) is 6.59. The fourth-order valence-electron chi connectivity index (χ4n) is 1.31. The standard InChI is InChI=1S/C12H18N.BF4/c1-5-11-6-8-12(9-7-11)10-13(2,3)4;2-1(3,4)5/h5-9H,1,10H2,2-4H3;/q+1;-1. The Bertz CT molecular complexity index is 359. The van der Waals surface area contributed by atoms with Crippen LogP contribution in [0, 0.1) is 0 Å². The molecule has 0 spiro atoms. The Kier molecular flexibility index (Phi) is 6.11. The van der Waals surface area contributed by atoms with Gasteiger partial charge in [-0.3, -0.25) is 0 Å². The third-order valence-electron chi connectivity index (χ3n) is 1.87. The van der Waals surface area contributed by atoms with Gasteiger partial charge in [0.1, 0.15) is 6.54 Å². The summed E-state index contributed by atoms with van der Waals surface area (Å²) >= 11 is 0. The SMILES string of the molecule is C=Cc1ccc(C[N+](C)(C)C)cc1.F[B-](F)(F)F. The zero-order chi connectivity index (χ0) is 14.4. The van der Waals surface area contributed by atoms with Crippen molar-refractivity contribution in [2.24, 2.45) is 0 Å². The average molecular weight is 263 g/mol. The fourth-order valence-corrected chi connectivity index (χ4v) is 1.31. The van der Waals surface area contributed by atoms with Crippen LogP contribution < -0.4 is 0 Å². The van der Waals surface area contributed by atoms with Gasteiger partial charge in [-0.05, 0) is 5.56 Å². The van der Waals surface area contributed by atoms with Crippen molar-refractivity contribution < 1.29 is 21.7 Å². The van der Waals surface area contributed by atoms with Crippen LogP contribution in [-0.2, 0) is 6.54 Å². The molecule has 0 aliphatic rings. The highest BCUT2D eigenvalue weighted by molar-refractivity contribution is 6.50. The summed E-state index contributed by atoms with van der Waals surface area (Å²) in [5.41, 5.74) is 2.56. The van der Waals surface area contributed by atoms with Crippen LogP contribution in [0.3, 0.4) is 0 Å². The number of benzene rings is 1. The molecule has 0 fully saturated rings. The Morgan fingerprint density at radius 3 is 1.72 bits per heavy atom. The predicted molar refractivity (Wildman–Crippen MR) is 68.5 cm³/mol. The zero-order valence-electron chi connectivity index (χ0n) is 10.8. The average Bonchev–Trinajstić information content (AvgIpc) is 2.14. The molecular weight excluding hydrogens is 245 g/mol. The van der Waals surface area contributed by atoms with E-state index in [9.17, 15) is 17.3 Å². The molecule has 0 radical (unpaired) electrons. The molecule has 0 saturated heterocycles. The van der Waals surface area contributed by atoms with Gasteiger partial charge in [0.25, 0.3) is 0 Å². The summed E-state index contributed by atoms with van der Waals surface area (Å²) in [7, 11) is 0.588. The van der Waals surface area contributed by atoms with Gasteiger partial charge in [0.2, 0.25) is 0 Å². The van der Waals surface area contributed by atoms with Gasteiger partial charge in [-0.2, -0.15) is 0 Å². The van der Waals surface area contributed by atoms with Gasteiger partial charge in [-0.1, -0.05) is 36.9 Å². The summed E-state index contributed by atoms with van der Waals surface area (Å²) in [5.74, 6) is 0. The molecule has 0 aliphatic heterocycles. The maximum Gasteiger partial charge on any atom is 0.673 e. The number of halogens is 4. The van der Waals surface area contributed by atoms with Crippen LogP contribution >= 0.6 is 0 Å². The molecule has 1 aromatic carbocycles. The van der Waals surface area contributed by atoms with E-state index in [1.54, 1.807) is 0 Å². The van der Waals surface area contributed by atoms with E-state index < -0.39 is 7.25 Å². The van der Waals surface area contributed by atoms with Crippen LogP contribution in [0.15, 0.2) is 30.8 Å². The lowest BCUT2D eigenvalue weighted by molar-refractivity contribution is -0.884. The van der Waals surface area contributed by atoms with Gasteiger partial charge in [-0.25, -0.2) is 0 Å². The van der Waals surface area contributed by atoms with Gasteiger partial charge >= 0.3 is 7.25 Å². The first-order valence-corrected chi connectivity index (χ1v) is 5.40. The van der Waals surface area contributed by atoms with Crippen LogP contribution in [0.25, 0.3) is 6.08 Å². The van der Waals surface area contributed by atoms with E-state index in [-0.39, 0.29) is 0 Å². The maximum atomic E-state index is 9.75. The molecule has 102 valence electrons. The first kappa shape index (κ1) is 16.7. The van der Waals surface area contributed by atoms with Crippen molar-refractivity contribution in [3.05, 3.63) is 42.0 Å². The minimum Gasteiger partial charge on any atom is -0.418 e. The van der Waals surface area contributed by atoms with Gasteiger partial charge in [-0.15, -0.1) is 0 Å². The zero-order valence-corrected chi connectivity index (χ0v) is 10.8. The van der Waals surface area contributed by atoms with Crippen molar-refractivity contribution in [3.63, 3.8) is 0 Å². The Balaban J connectivity index is 0.000000494.